The maximum atomic E-state index is 11.6. The zero-order valence-electron chi connectivity index (χ0n) is 8.52. The maximum absolute atomic E-state index is 11.6. The summed E-state index contributed by atoms with van der Waals surface area (Å²) in [4.78, 5) is 11.6. The van der Waals surface area contributed by atoms with Gasteiger partial charge in [-0.25, -0.2) is 4.79 Å². The third-order valence-electron chi connectivity index (χ3n) is 1.95. The topological polar surface area (TPSA) is 64.3 Å². The van der Waals surface area contributed by atoms with E-state index in [9.17, 15) is 4.79 Å². The number of nitrogens with one attached hydrogen (secondary N) is 1. The van der Waals surface area contributed by atoms with E-state index in [1.165, 1.54) is 0 Å². The highest BCUT2D eigenvalue weighted by Gasteiger charge is 2.40. The van der Waals surface area contributed by atoms with Crippen molar-refractivity contribution in [3.05, 3.63) is 0 Å². The first-order valence-electron chi connectivity index (χ1n) is 4.61. The van der Waals surface area contributed by atoms with Gasteiger partial charge in [0.15, 0.2) is 5.66 Å². The molecule has 0 aliphatic carbocycles. The lowest BCUT2D eigenvalue weighted by Crippen LogP contribution is -2.57. The molecule has 1 rings (SSSR count). The highest BCUT2D eigenvalue weighted by atomic mass is 16.6. The Kier molecular flexibility index (Phi) is 2.63. The Hall–Kier alpha value is -0.610. The van der Waals surface area contributed by atoms with Gasteiger partial charge in [-0.3, -0.25) is 5.32 Å². The zero-order chi connectivity index (χ0) is 10.1. The molecule has 0 aromatic heterocycles. The van der Waals surface area contributed by atoms with Gasteiger partial charge in [-0.05, 0) is 40.2 Å². The Morgan fingerprint density at radius 1 is 1.54 bits per heavy atom. The first-order valence-corrected chi connectivity index (χ1v) is 4.61. The number of hydrogen-bond donors (Lipinski definition) is 2. The van der Waals surface area contributed by atoms with Gasteiger partial charge in [0.25, 0.3) is 0 Å². The Balaban J connectivity index is 2.57. The predicted molar refractivity (Wildman–Crippen MR) is 50.0 cm³/mol. The summed E-state index contributed by atoms with van der Waals surface area (Å²) in [5.41, 5.74) is 4.41. The Bertz CT molecular complexity index is 202. The molecular formula is C9H18N2O2. The minimum atomic E-state index is -0.951. The average Bonchev–Trinajstić information content (AvgIpc) is 2.33. The van der Waals surface area contributed by atoms with Gasteiger partial charge >= 0.3 is 5.97 Å². The molecule has 1 fully saturated rings. The molecule has 0 bridgehead atoms. The summed E-state index contributed by atoms with van der Waals surface area (Å²) in [6.45, 7) is 6.30. The fourth-order valence-corrected chi connectivity index (χ4v) is 1.31. The first-order chi connectivity index (χ1) is 5.83. The molecule has 76 valence electrons. The van der Waals surface area contributed by atoms with Gasteiger partial charge in [-0.1, -0.05) is 0 Å². The summed E-state index contributed by atoms with van der Waals surface area (Å²) in [5, 5.41) is 2.96. The molecule has 0 radical (unpaired) electrons. The van der Waals surface area contributed by atoms with E-state index in [0.29, 0.717) is 6.42 Å². The fraction of sp³-hybridized carbons (Fsp3) is 0.889. The van der Waals surface area contributed by atoms with Crippen LogP contribution in [0.5, 0.6) is 0 Å². The number of hydrogen-bond acceptors (Lipinski definition) is 4. The molecule has 0 amide bonds. The predicted octanol–water partition coefficient (Wildman–Crippen LogP) is 0.366. The molecule has 1 atom stereocenters. The summed E-state index contributed by atoms with van der Waals surface area (Å²) in [6.07, 6.45) is 1.58. The number of ether oxygens (including phenoxy) is 1. The molecule has 1 heterocycles. The van der Waals surface area contributed by atoms with Crippen molar-refractivity contribution in [2.45, 2.75) is 44.9 Å². The molecule has 1 saturated heterocycles. The summed E-state index contributed by atoms with van der Waals surface area (Å²) in [7, 11) is 0. The van der Waals surface area contributed by atoms with Crippen molar-refractivity contribution >= 4 is 5.97 Å². The SMILES string of the molecule is CC(C)(C)OC(=O)C1(N)CCCN1. The van der Waals surface area contributed by atoms with Gasteiger partial charge in [-0.15, -0.1) is 0 Å². The maximum Gasteiger partial charge on any atom is 0.341 e. The van der Waals surface area contributed by atoms with Crippen LogP contribution in [0, 0.1) is 0 Å². The van der Waals surface area contributed by atoms with E-state index in [1.54, 1.807) is 0 Å². The Morgan fingerprint density at radius 2 is 2.15 bits per heavy atom. The summed E-state index contributed by atoms with van der Waals surface area (Å²) >= 11 is 0. The van der Waals surface area contributed by atoms with E-state index >= 15 is 0 Å². The van der Waals surface area contributed by atoms with Crippen LogP contribution < -0.4 is 11.1 Å². The molecule has 13 heavy (non-hydrogen) atoms. The van der Waals surface area contributed by atoms with E-state index in [0.717, 1.165) is 13.0 Å². The minimum absolute atomic E-state index is 0.350. The molecule has 1 aliphatic rings. The highest BCUT2D eigenvalue weighted by Crippen LogP contribution is 2.18. The van der Waals surface area contributed by atoms with Gasteiger partial charge in [0.05, 0.1) is 0 Å². The minimum Gasteiger partial charge on any atom is -0.458 e. The normalized spacial score (nSPS) is 28.9. The fourth-order valence-electron chi connectivity index (χ4n) is 1.31. The summed E-state index contributed by atoms with van der Waals surface area (Å²) < 4.78 is 5.20. The van der Waals surface area contributed by atoms with Crippen molar-refractivity contribution < 1.29 is 9.53 Å². The number of rotatable bonds is 1. The number of esters is 1. The van der Waals surface area contributed by atoms with Crippen LogP contribution in [0.25, 0.3) is 0 Å². The monoisotopic (exact) mass is 186 g/mol. The standard InChI is InChI=1S/C9H18N2O2/c1-8(2,3)13-7(12)9(10)5-4-6-11-9/h11H,4-6,10H2,1-3H3. The quantitative estimate of drug-likeness (QED) is 0.581. The van der Waals surface area contributed by atoms with Crippen molar-refractivity contribution in [3.63, 3.8) is 0 Å². The zero-order valence-corrected chi connectivity index (χ0v) is 8.52. The van der Waals surface area contributed by atoms with Crippen LogP contribution in [0.15, 0.2) is 0 Å². The second-order valence-corrected chi connectivity index (χ2v) is 4.50. The third kappa shape index (κ3) is 2.67. The van der Waals surface area contributed by atoms with E-state index < -0.39 is 11.3 Å². The van der Waals surface area contributed by atoms with E-state index in [2.05, 4.69) is 5.32 Å². The lowest BCUT2D eigenvalue weighted by Gasteiger charge is -2.27. The smallest absolute Gasteiger partial charge is 0.341 e. The van der Waals surface area contributed by atoms with Gasteiger partial charge in [0, 0.05) is 0 Å². The highest BCUT2D eigenvalue weighted by molar-refractivity contribution is 5.80. The van der Waals surface area contributed by atoms with Gasteiger partial charge < -0.3 is 10.5 Å². The molecule has 0 saturated carbocycles. The third-order valence-corrected chi connectivity index (χ3v) is 1.95. The molecule has 0 spiro atoms. The van der Waals surface area contributed by atoms with Crippen LogP contribution in [0.4, 0.5) is 0 Å². The van der Waals surface area contributed by atoms with Crippen molar-refractivity contribution in [2.75, 3.05) is 6.54 Å². The molecular weight excluding hydrogens is 168 g/mol. The van der Waals surface area contributed by atoms with Crippen LogP contribution >= 0.6 is 0 Å². The Morgan fingerprint density at radius 3 is 2.54 bits per heavy atom. The van der Waals surface area contributed by atoms with Crippen LogP contribution in [-0.4, -0.2) is 23.8 Å². The molecule has 3 N–H and O–H groups in total. The number of nitrogens with two attached hydrogens (primary N) is 1. The molecule has 0 aromatic carbocycles. The van der Waals surface area contributed by atoms with E-state index in [4.69, 9.17) is 10.5 Å². The van der Waals surface area contributed by atoms with Gasteiger partial charge in [0.2, 0.25) is 0 Å². The van der Waals surface area contributed by atoms with Crippen molar-refractivity contribution in [1.29, 1.82) is 0 Å². The number of carbonyl (C=O) groups is 1. The molecule has 4 heteroatoms. The average molecular weight is 186 g/mol. The summed E-state index contributed by atoms with van der Waals surface area (Å²) in [6, 6.07) is 0. The molecule has 1 unspecified atom stereocenters. The van der Waals surface area contributed by atoms with Gasteiger partial charge in [-0.2, -0.15) is 0 Å². The van der Waals surface area contributed by atoms with Crippen molar-refractivity contribution in [1.82, 2.24) is 5.32 Å². The summed E-state index contributed by atoms with van der Waals surface area (Å²) in [5.74, 6) is -0.350. The number of carbonyl (C=O) groups excluding carboxylic acids is 1. The second-order valence-electron chi connectivity index (χ2n) is 4.50. The first kappa shape index (κ1) is 10.5. The van der Waals surface area contributed by atoms with Crippen LogP contribution in [0.3, 0.4) is 0 Å². The molecule has 0 aromatic rings. The lowest BCUT2D eigenvalue weighted by atomic mass is 10.1. The second kappa shape index (κ2) is 3.27. The Labute approximate surface area is 78.8 Å². The largest absolute Gasteiger partial charge is 0.458 e. The van der Waals surface area contributed by atoms with Crippen LogP contribution in [0.2, 0.25) is 0 Å². The van der Waals surface area contributed by atoms with Crippen molar-refractivity contribution in [3.8, 4) is 0 Å². The van der Waals surface area contributed by atoms with E-state index in [1.807, 2.05) is 20.8 Å². The molecule has 1 aliphatic heterocycles. The van der Waals surface area contributed by atoms with Gasteiger partial charge in [0.1, 0.15) is 5.60 Å². The van der Waals surface area contributed by atoms with E-state index in [-0.39, 0.29) is 5.97 Å². The lowest BCUT2D eigenvalue weighted by molar-refractivity contribution is -0.162. The van der Waals surface area contributed by atoms with Crippen LogP contribution in [0.1, 0.15) is 33.6 Å². The van der Waals surface area contributed by atoms with Crippen molar-refractivity contribution in [2.24, 2.45) is 5.73 Å². The van der Waals surface area contributed by atoms with Crippen LogP contribution in [-0.2, 0) is 9.53 Å². The molecule has 4 nitrogen and oxygen atoms in total.